The normalized spacial score (nSPS) is 22.9. The minimum atomic E-state index is -0.459. The van der Waals surface area contributed by atoms with Gasteiger partial charge in [0.15, 0.2) is 0 Å². The van der Waals surface area contributed by atoms with Crippen molar-refractivity contribution < 1.29 is 19.1 Å². The average Bonchev–Trinajstić information content (AvgIpc) is 2.16. The Morgan fingerprint density at radius 2 is 2.07 bits per heavy atom. The Hall–Kier alpha value is -1.58. The molecular formula is C10H12O4. The summed E-state index contributed by atoms with van der Waals surface area (Å²) in [7, 11) is 2.60. The fraction of sp³-hybridized carbons (Fsp3) is 0.400. The Balaban J connectivity index is 2.75. The van der Waals surface area contributed by atoms with Crippen LogP contribution >= 0.6 is 0 Å². The van der Waals surface area contributed by atoms with E-state index in [9.17, 15) is 9.59 Å². The summed E-state index contributed by atoms with van der Waals surface area (Å²) in [6.45, 7) is 3.70. The van der Waals surface area contributed by atoms with E-state index in [0.717, 1.165) is 5.57 Å². The molecule has 1 atom stereocenters. The van der Waals surface area contributed by atoms with Gasteiger partial charge in [0.2, 0.25) is 0 Å². The molecule has 76 valence electrons. The summed E-state index contributed by atoms with van der Waals surface area (Å²) in [5, 5.41) is 0. The number of hydrogen-bond acceptors (Lipinski definition) is 4. The van der Waals surface area contributed by atoms with E-state index in [-0.39, 0.29) is 5.97 Å². The lowest BCUT2D eigenvalue weighted by atomic mass is 9.75. The standard InChI is InChI=1S/C10H12O4/c1-6-4-7(5-8(11)13-2)9(6)10(12)14-3/h5,9H,1,4H2,2-3H3/b7-5+. The summed E-state index contributed by atoms with van der Waals surface area (Å²) >= 11 is 0. The molecule has 1 saturated carbocycles. The summed E-state index contributed by atoms with van der Waals surface area (Å²) in [5.74, 6) is -1.29. The highest BCUT2D eigenvalue weighted by molar-refractivity contribution is 5.89. The van der Waals surface area contributed by atoms with Gasteiger partial charge in [-0.3, -0.25) is 4.79 Å². The lowest BCUT2D eigenvalue weighted by molar-refractivity contribution is -0.143. The number of rotatable bonds is 2. The van der Waals surface area contributed by atoms with Gasteiger partial charge in [-0.1, -0.05) is 12.2 Å². The van der Waals surface area contributed by atoms with Crippen molar-refractivity contribution in [3.63, 3.8) is 0 Å². The zero-order valence-corrected chi connectivity index (χ0v) is 8.20. The summed E-state index contributed by atoms with van der Waals surface area (Å²) in [4.78, 5) is 22.1. The molecule has 1 aliphatic carbocycles. The first-order chi connectivity index (χ1) is 6.60. The zero-order chi connectivity index (χ0) is 10.7. The number of carbonyl (C=O) groups is 2. The minimum absolute atomic E-state index is 0.378. The second kappa shape index (κ2) is 4.09. The van der Waals surface area contributed by atoms with Crippen LogP contribution in [0.1, 0.15) is 6.42 Å². The zero-order valence-electron chi connectivity index (χ0n) is 8.20. The van der Waals surface area contributed by atoms with Crippen molar-refractivity contribution in [2.45, 2.75) is 6.42 Å². The second-order valence-electron chi connectivity index (χ2n) is 3.03. The van der Waals surface area contributed by atoms with E-state index in [4.69, 9.17) is 0 Å². The van der Waals surface area contributed by atoms with Crippen LogP contribution in [0.5, 0.6) is 0 Å². The first-order valence-electron chi connectivity index (χ1n) is 4.14. The van der Waals surface area contributed by atoms with Crippen molar-refractivity contribution in [1.82, 2.24) is 0 Å². The Bertz CT molecular complexity index is 314. The predicted octanol–water partition coefficient (Wildman–Crippen LogP) is 0.835. The molecule has 0 aromatic rings. The third-order valence-electron chi connectivity index (χ3n) is 2.15. The third-order valence-corrected chi connectivity index (χ3v) is 2.15. The van der Waals surface area contributed by atoms with Crippen LogP contribution in [0.2, 0.25) is 0 Å². The number of methoxy groups -OCH3 is 2. The van der Waals surface area contributed by atoms with E-state index >= 15 is 0 Å². The van der Waals surface area contributed by atoms with E-state index in [1.807, 2.05) is 0 Å². The molecule has 0 bridgehead atoms. The van der Waals surface area contributed by atoms with E-state index in [1.165, 1.54) is 20.3 Å². The molecule has 14 heavy (non-hydrogen) atoms. The highest BCUT2D eigenvalue weighted by atomic mass is 16.5. The number of hydrogen-bond donors (Lipinski definition) is 0. The van der Waals surface area contributed by atoms with Crippen LogP contribution in [0.25, 0.3) is 0 Å². The van der Waals surface area contributed by atoms with Crippen molar-refractivity contribution in [2.75, 3.05) is 14.2 Å². The van der Waals surface area contributed by atoms with Crippen molar-refractivity contribution in [3.8, 4) is 0 Å². The Morgan fingerprint density at radius 3 is 2.50 bits per heavy atom. The number of ether oxygens (including phenoxy) is 2. The van der Waals surface area contributed by atoms with Gasteiger partial charge in [0.1, 0.15) is 0 Å². The Labute approximate surface area is 82.2 Å². The van der Waals surface area contributed by atoms with Gasteiger partial charge < -0.3 is 9.47 Å². The fourth-order valence-electron chi connectivity index (χ4n) is 1.38. The van der Waals surface area contributed by atoms with Crippen LogP contribution in [-0.4, -0.2) is 26.2 Å². The van der Waals surface area contributed by atoms with Crippen molar-refractivity contribution in [1.29, 1.82) is 0 Å². The molecule has 0 radical (unpaired) electrons. The molecule has 0 saturated heterocycles. The maximum atomic E-state index is 11.2. The molecule has 1 unspecified atom stereocenters. The number of esters is 2. The van der Waals surface area contributed by atoms with E-state index in [0.29, 0.717) is 12.0 Å². The van der Waals surface area contributed by atoms with Crippen LogP contribution in [0.15, 0.2) is 23.8 Å². The van der Waals surface area contributed by atoms with Gasteiger partial charge in [0.05, 0.1) is 20.1 Å². The smallest absolute Gasteiger partial charge is 0.330 e. The highest BCUT2D eigenvalue weighted by Crippen LogP contribution is 2.38. The summed E-state index contributed by atoms with van der Waals surface area (Å²) in [6.07, 6.45) is 1.88. The minimum Gasteiger partial charge on any atom is -0.468 e. The molecule has 1 rings (SSSR count). The monoisotopic (exact) mass is 196 g/mol. The Kier molecular flexibility index (Phi) is 3.06. The first-order valence-corrected chi connectivity index (χ1v) is 4.14. The lowest BCUT2D eigenvalue weighted by Crippen LogP contribution is -2.29. The summed E-state index contributed by atoms with van der Waals surface area (Å²) in [5.41, 5.74) is 1.47. The molecule has 0 amide bonds. The fourth-order valence-corrected chi connectivity index (χ4v) is 1.38. The van der Waals surface area contributed by atoms with Gasteiger partial charge in [-0.25, -0.2) is 4.79 Å². The third kappa shape index (κ3) is 1.84. The molecule has 0 spiro atoms. The molecule has 1 aliphatic rings. The largest absolute Gasteiger partial charge is 0.468 e. The van der Waals surface area contributed by atoms with Crippen LogP contribution in [0.3, 0.4) is 0 Å². The van der Waals surface area contributed by atoms with Crippen LogP contribution < -0.4 is 0 Å². The van der Waals surface area contributed by atoms with Gasteiger partial charge in [0.25, 0.3) is 0 Å². The Morgan fingerprint density at radius 1 is 1.43 bits per heavy atom. The average molecular weight is 196 g/mol. The van der Waals surface area contributed by atoms with Crippen molar-refractivity contribution in [2.24, 2.45) is 5.92 Å². The van der Waals surface area contributed by atoms with Gasteiger partial charge >= 0.3 is 11.9 Å². The van der Waals surface area contributed by atoms with E-state index in [2.05, 4.69) is 16.1 Å². The van der Waals surface area contributed by atoms with Gasteiger partial charge in [-0.05, 0) is 12.0 Å². The molecule has 1 fully saturated rings. The SMILES string of the molecule is C=C1C/C(=C\C(=O)OC)C1C(=O)OC. The predicted molar refractivity (Wildman–Crippen MR) is 49.4 cm³/mol. The first kappa shape index (κ1) is 10.5. The molecule has 0 aromatic heterocycles. The molecule has 4 heteroatoms. The van der Waals surface area contributed by atoms with E-state index < -0.39 is 11.9 Å². The summed E-state index contributed by atoms with van der Waals surface area (Å²) < 4.78 is 9.03. The molecule has 4 nitrogen and oxygen atoms in total. The van der Waals surface area contributed by atoms with Crippen molar-refractivity contribution >= 4 is 11.9 Å². The van der Waals surface area contributed by atoms with E-state index in [1.54, 1.807) is 0 Å². The molecular weight excluding hydrogens is 184 g/mol. The molecule has 0 aliphatic heterocycles. The van der Waals surface area contributed by atoms with Crippen molar-refractivity contribution in [3.05, 3.63) is 23.8 Å². The summed E-state index contributed by atoms with van der Waals surface area (Å²) in [6, 6.07) is 0. The van der Waals surface area contributed by atoms with Crippen LogP contribution in [0, 0.1) is 5.92 Å². The topological polar surface area (TPSA) is 52.6 Å². The number of carbonyl (C=O) groups excluding carboxylic acids is 2. The second-order valence-corrected chi connectivity index (χ2v) is 3.03. The molecule has 0 N–H and O–H groups in total. The maximum absolute atomic E-state index is 11.2. The van der Waals surface area contributed by atoms with Crippen LogP contribution in [0.4, 0.5) is 0 Å². The van der Waals surface area contributed by atoms with Gasteiger partial charge in [-0.15, -0.1) is 0 Å². The molecule has 0 aromatic carbocycles. The maximum Gasteiger partial charge on any atom is 0.330 e. The highest BCUT2D eigenvalue weighted by Gasteiger charge is 2.36. The van der Waals surface area contributed by atoms with Gasteiger partial charge in [0, 0.05) is 6.08 Å². The quantitative estimate of drug-likeness (QED) is 0.373. The van der Waals surface area contributed by atoms with Crippen LogP contribution in [-0.2, 0) is 19.1 Å². The molecule has 0 heterocycles. The lowest BCUT2D eigenvalue weighted by Gasteiger charge is -2.30. The van der Waals surface area contributed by atoms with Gasteiger partial charge in [-0.2, -0.15) is 0 Å².